The first-order valence-corrected chi connectivity index (χ1v) is 12.2. The summed E-state index contributed by atoms with van der Waals surface area (Å²) in [6.07, 6.45) is 1.11. The summed E-state index contributed by atoms with van der Waals surface area (Å²) in [6.45, 7) is 9.85. The summed E-state index contributed by atoms with van der Waals surface area (Å²) in [5, 5.41) is 26.4. The molecule has 1 fully saturated rings. The lowest BCUT2D eigenvalue weighted by Crippen LogP contribution is -2.48. The van der Waals surface area contributed by atoms with Crippen molar-refractivity contribution in [2.45, 2.75) is 40.2 Å². The molecule has 184 valence electrons. The van der Waals surface area contributed by atoms with Crippen molar-refractivity contribution in [3.8, 4) is 11.9 Å². The number of nitriles is 1. The molecule has 0 aliphatic carbocycles. The third-order valence-electron chi connectivity index (χ3n) is 6.87. The van der Waals surface area contributed by atoms with E-state index in [1.165, 1.54) is 5.56 Å². The van der Waals surface area contributed by atoms with E-state index in [2.05, 4.69) is 26.3 Å². The van der Waals surface area contributed by atoms with Crippen LogP contribution in [0.4, 0.5) is 0 Å². The van der Waals surface area contributed by atoms with E-state index < -0.39 is 0 Å². The van der Waals surface area contributed by atoms with E-state index >= 15 is 0 Å². The Morgan fingerprint density at radius 1 is 0.972 bits per heavy atom. The Balaban J connectivity index is 1.18. The maximum Gasteiger partial charge on any atom is 0.222 e. The standard InChI is InChI=1S/C26H29N9O/c1-18-23(19(2)34(30-18)25-10-9-24-29-28-20(3)35(24)31-25)8-11-26(36)33-14-12-32(13-15-33)17-22-6-4-21(16-27)5-7-22/h4-7,9-10H,8,11-15,17H2,1-3H3. The zero-order valence-corrected chi connectivity index (χ0v) is 20.8. The van der Waals surface area contributed by atoms with Gasteiger partial charge in [0, 0.05) is 44.8 Å². The number of aryl methyl sites for hydroxylation is 2. The Morgan fingerprint density at radius 3 is 2.44 bits per heavy atom. The van der Waals surface area contributed by atoms with E-state index in [-0.39, 0.29) is 5.91 Å². The first-order chi connectivity index (χ1) is 17.4. The molecular weight excluding hydrogens is 454 g/mol. The van der Waals surface area contributed by atoms with Crippen LogP contribution in [-0.2, 0) is 17.8 Å². The van der Waals surface area contributed by atoms with Crippen LogP contribution < -0.4 is 0 Å². The van der Waals surface area contributed by atoms with Crippen LogP contribution >= 0.6 is 0 Å². The van der Waals surface area contributed by atoms with Crippen molar-refractivity contribution in [2.24, 2.45) is 0 Å². The molecule has 0 bridgehead atoms. The molecule has 36 heavy (non-hydrogen) atoms. The van der Waals surface area contributed by atoms with Crippen molar-refractivity contribution in [3.63, 3.8) is 0 Å². The average Bonchev–Trinajstić information content (AvgIpc) is 3.41. The van der Waals surface area contributed by atoms with E-state index in [9.17, 15) is 4.79 Å². The highest BCUT2D eigenvalue weighted by atomic mass is 16.2. The largest absolute Gasteiger partial charge is 0.340 e. The Morgan fingerprint density at radius 2 is 1.72 bits per heavy atom. The Labute approximate surface area is 209 Å². The number of rotatable bonds is 6. The molecule has 3 aromatic heterocycles. The summed E-state index contributed by atoms with van der Waals surface area (Å²) >= 11 is 0. The summed E-state index contributed by atoms with van der Waals surface area (Å²) in [6, 6.07) is 13.6. The van der Waals surface area contributed by atoms with Gasteiger partial charge in [0.05, 0.1) is 17.3 Å². The average molecular weight is 484 g/mol. The number of fused-ring (bicyclic) bond motifs is 1. The smallest absolute Gasteiger partial charge is 0.222 e. The van der Waals surface area contributed by atoms with Crippen molar-refractivity contribution < 1.29 is 4.79 Å². The summed E-state index contributed by atoms with van der Waals surface area (Å²) in [7, 11) is 0. The van der Waals surface area contributed by atoms with Gasteiger partial charge < -0.3 is 4.90 Å². The number of hydrogen-bond acceptors (Lipinski definition) is 7. The molecule has 10 heteroatoms. The van der Waals surface area contributed by atoms with Gasteiger partial charge in [-0.05, 0) is 62.6 Å². The van der Waals surface area contributed by atoms with Crippen molar-refractivity contribution in [1.29, 1.82) is 5.26 Å². The molecule has 1 aliphatic rings. The molecule has 0 spiro atoms. The molecule has 0 atom stereocenters. The van der Waals surface area contributed by atoms with Gasteiger partial charge in [-0.15, -0.1) is 15.3 Å². The van der Waals surface area contributed by atoms with Gasteiger partial charge in [-0.2, -0.15) is 14.9 Å². The molecule has 1 amide bonds. The highest BCUT2D eigenvalue weighted by molar-refractivity contribution is 5.76. The highest BCUT2D eigenvalue weighted by Gasteiger charge is 2.22. The summed E-state index contributed by atoms with van der Waals surface area (Å²) < 4.78 is 3.53. The van der Waals surface area contributed by atoms with Crippen LogP contribution in [0.25, 0.3) is 11.5 Å². The third-order valence-corrected chi connectivity index (χ3v) is 6.87. The fourth-order valence-electron chi connectivity index (χ4n) is 4.75. The first-order valence-electron chi connectivity index (χ1n) is 12.2. The minimum Gasteiger partial charge on any atom is -0.340 e. The number of piperazine rings is 1. The van der Waals surface area contributed by atoms with E-state index in [0.29, 0.717) is 29.9 Å². The van der Waals surface area contributed by atoms with Crippen LogP contribution in [0.15, 0.2) is 36.4 Å². The van der Waals surface area contributed by atoms with E-state index in [4.69, 9.17) is 10.4 Å². The van der Waals surface area contributed by atoms with Crippen LogP contribution in [0.2, 0.25) is 0 Å². The minimum atomic E-state index is 0.180. The molecule has 1 aromatic carbocycles. The van der Waals surface area contributed by atoms with Crippen LogP contribution in [0, 0.1) is 32.1 Å². The minimum absolute atomic E-state index is 0.180. The topological polar surface area (TPSA) is 108 Å². The second-order valence-electron chi connectivity index (χ2n) is 9.24. The molecule has 10 nitrogen and oxygen atoms in total. The second-order valence-corrected chi connectivity index (χ2v) is 9.24. The fraction of sp³-hybridized carbons (Fsp3) is 0.385. The van der Waals surface area contributed by atoms with Gasteiger partial charge in [-0.1, -0.05) is 12.1 Å². The zero-order valence-electron chi connectivity index (χ0n) is 20.8. The SMILES string of the molecule is Cc1nn(-c2ccc3nnc(C)n3n2)c(C)c1CCC(=O)N1CCN(Cc2ccc(C#N)cc2)CC1. The number of carbonyl (C=O) groups is 1. The lowest BCUT2D eigenvalue weighted by Gasteiger charge is -2.34. The van der Waals surface area contributed by atoms with Crippen molar-refractivity contribution in [3.05, 3.63) is 70.3 Å². The van der Waals surface area contributed by atoms with Gasteiger partial charge in [0.2, 0.25) is 5.91 Å². The molecule has 5 rings (SSSR count). The monoisotopic (exact) mass is 483 g/mol. The fourth-order valence-corrected chi connectivity index (χ4v) is 4.75. The first kappa shape index (κ1) is 23.6. The van der Waals surface area contributed by atoms with Gasteiger partial charge in [-0.25, -0.2) is 4.68 Å². The van der Waals surface area contributed by atoms with Crippen molar-refractivity contribution in [1.82, 2.24) is 39.4 Å². The Bertz CT molecular complexity index is 1440. The van der Waals surface area contributed by atoms with Crippen LogP contribution in [0.5, 0.6) is 0 Å². The quantitative estimate of drug-likeness (QED) is 0.414. The van der Waals surface area contributed by atoms with Gasteiger partial charge in [0.25, 0.3) is 0 Å². The number of amides is 1. The summed E-state index contributed by atoms with van der Waals surface area (Å²) in [5.74, 6) is 1.59. The maximum atomic E-state index is 13.0. The Hall–Kier alpha value is -4.10. The zero-order chi connectivity index (χ0) is 25.2. The molecule has 0 unspecified atom stereocenters. The van der Waals surface area contributed by atoms with Crippen LogP contribution in [0.1, 0.15) is 40.3 Å². The number of benzene rings is 1. The molecule has 0 radical (unpaired) electrons. The third kappa shape index (κ3) is 4.70. The predicted molar refractivity (Wildman–Crippen MR) is 133 cm³/mol. The van der Waals surface area contributed by atoms with Gasteiger partial charge >= 0.3 is 0 Å². The van der Waals surface area contributed by atoms with Gasteiger partial charge in [0.15, 0.2) is 17.3 Å². The van der Waals surface area contributed by atoms with E-state index in [0.717, 1.165) is 55.5 Å². The lowest BCUT2D eigenvalue weighted by molar-refractivity contribution is -0.133. The predicted octanol–water partition coefficient (Wildman–Crippen LogP) is 2.38. The molecule has 4 heterocycles. The second kappa shape index (κ2) is 9.87. The van der Waals surface area contributed by atoms with Crippen LogP contribution in [0.3, 0.4) is 0 Å². The summed E-state index contributed by atoms with van der Waals surface area (Å²) in [4.78, 5) is 17.3. The number of aromatic nitrogens is 6. The maximum absolute atomic E-state index is 13.0. The molecule has 1 aliphatic heterocycles. The number of carbonyl (C=O) groups excluding carboxylic acids is 1. The highest BCUT2D eigenvalue weighted by Crippen LogP contribution is 2.20. The summed E-state index contributed by atoms with van der Waals surface area (Å²) in [5.41, 5.74) is 5.55. The van der Waals surface area contributed by atoms with E-state index in [1.807, 2.05) is 66.8 Å². The van der Waals surface area contributed by atoms with Crippen molar-refractivity contribution in [2.75, 3.05) is 26.2 Å². The molecule has 1 saturated heterocycles. The molecule has 4 aromatic rings. The normalized spacial score (nSPS) is 14.3. The number of hydrogen-bond donors (Lipinski definition) is 0. The molecule has 0 saturated carbocycles. The Kier molecular flexibility index (Phi) is 6.48. The van der Waals surface area contributed by atoms with E-state index in [1.54, 1.807) is 4.52 Å². The van der Waals surface area contributed by atoms with Gasteiger partial charge in [0.1, 0.15) is 0 Å². The lowest BCUT2D eigenvalue weighted by atomic mass is 10.1. The molecule has 0 N–H and O–H groups in total. The van der Waals surface area contributed by atoms with Crippen molar-refractivity contribution >= 4 is 11.6 Å². The van der Waals surface area contributed by atoms with Crippen LogP contribution in [-0.4, -0.2) is 71.5 Å². The van der Waals surface area contributed by atoms with Gasteiger partial charge in [-0.3, -0.25) is 9.69 Å². The number of nitrogens with zero attached hydrogens (tertiary/aromatic N) is 9. The molecular formula is C26H29N9O.